The number of hydrogen-bond donors (Lipinski definition) is 0. The van der Waals surface area contributed by atoms with Gasteiger partial charge in [-0.15, -0.1) is 0 Å². The van der Waals surface area contributed by atoms with Gasteiger partial charge >= 0.3 is 0 Å². The maximum atomic E-state index is 5.68. The number of unbranched alkanes of at least 4 members (excludes halogenated alkanes) is 1. The van der Waals surface area contributed by atoms with Gasteiger partial charge in [0.25, 0.3) is 0 Å². The highest BCUT2D eigenvalue weighted by atomic mass is 16.5. The Balaban J connectivity index is 2.67. The van der Waals surface area contributed by atoms with Crippen LogP contribution in [-0.2, 0) is 5.41 Å². The van der Waals surface area contributed by atoms with E-state index in [1.54, 1.807) is 0 Å². The topological polar surface area (TPSA) is 9.23 Å². The van der Waals surface area contributed by atoms with Crippen LogP contribution in [0.25, 0.3) is 0 Å². The third-order valence-electron chi connectivity index (χ3n) is 3.88. The van der Waals surface area contributed by atoms with Crippen molar-refractivity contribution in [1.29, 1.82) is 0 Å². The average Bonchev–Trinajstić information content (AvgIpc) is 2.39. The van der Waals surface area contributed by atoms with Crippen LogP contribution in [-0.4, -0.2) is 6.61 Å². The van der Waals surface area contributed by atoms with Gasteiger partial charge < -0.3 is 4.74 Å². The highest BCUT2D eigenvalue weighted by Gasteiger charge is 2.21. The molecule has 0 bridgehead atoms. The van der Waals surface area contributed by atoms with E-state index < -0.39 is 0 Å². The van der Waals surface area contributed by atoms with Crippen LogP contribution in [0.4, 0.5) is 0 Å². The summed E-state index contributed by atoms with van der Waals surface area (Å²) >= 11 is 0. The summed E-state index contributed by atoms with van der Waals surface area (Å²) in [5.74, 6) is 0.997. The van der Waals surface area contributed by atoms with Crippen molar-refractivity contribution < 1.29 is 4.74 Å². The maximum Gasteiger partial charge on any atom is 0.119 e. The molecule has 0 N–H and O–H groups in total. The van der Waals surface area contributed by atoms with Gasteiger partial charge in [0.2, 0.25) is 0 Å². The largest absolute Gasteiger partial charge is 0.494 e. The second-order valence-electron chi connectivity index (χ2n) is 4.99. The van der Waals surface area contributed by atoms with E-state index in [-0.39, 0.29) is 0 Å². The van der Waals surface area contributed by atoms with Crippen LogP contribution in [0.5, 0.6) is 5.75 Å². The molecule has 0 aromatic heterocycles. The van der Waals surface area contributed by atoms with Crippen LogP contribution in [0, 0.1) is 0 Å². The normalized spacial score (nSPS) is 11.5. The minimum atomic E-state index is 0.307. The van der Waals surface area contributed by atoms with Gasteiger partial charge in [-0.1, -0.05) is 46.2 Å². The lowest BCUT2D eigenvalue weighted by atomic mass is 9.78. The molecule has 0 aliphatic carbocycles. The van der Waals surface area contributed by atoms with Gasteiger partial charge in [-0.3, -0.25) is 0 Å². The third-order valence-corrected chi connectivity index (χ3v) is 3.88. The summed E-state index contributed by atoms with van der Waals surface area (Å²) in [6.07, 6.45) is 4.67. The van der Waals surface area contributed by atoms with Crippen LogP contribution >= 0.6 is 0 Å². The van der Waals surface area contributed by atoms with E-state index in [9.17, 15) is 0 Å². The van der Waals surface area contributed by atoms with Crippen LogP contribution in [0.1, 0.15) is 58.9 Å². The minimum absolute atomic E-state index is 0.307. The van der Waals surface area contributed by atoms with E-state index in [1.807, 2.05) is 0 Å². The molecule has 96 valence electrons. The third kappa shape index (κ3) is 3.76. The predicted octanol–water partition coefficient (Wildman–Crippen LogP) is 4.94. The molecular weight excluding hydrogens is 208 g/mol. The molecule has 0 aliphatic rings. The lowest BCUT2D eigenvalue weighted by Gasteiger charge is -2.27. The molecule has 0 amide bonds. The van der Waals surface area contributed by atoms with E-state index in [2.05, 4.69) is 52.0 Å². The Bertz CT molecular complexity index is 309. The van der Waals surface area contributed by atoms with Gasteiger partial charge in [0, 0.05) is 0 Å². The molecule has 1 aromatic rings. The molecule has 0 aliphatic heterocycles. The molecule has 0 radical (unpaired) electrons. The first-order valence-corrected chi connectivity index (χ1v) is 6.89. The van der Waals surface area contributed by atoms with Gasteiger partial charge in [-0.05, 0) is 42.4 Å². The van der Waals surface area contributed by atoms with E-state index in [0.29, 0.717) is 5.41 Å². The zero-order valence-electron chi connectivity index (χ0n) is 11.8. The summed E-state index contributed by atoms with van der Waals surface area (Å²) in [6, 6.07) is 8.64. The predicted molar refractivity (Wildman–Crippen MR) is 74.8 cm³/mol. The maximum absolute atomic E-state index is 5.68. The fourth-order valence-electron chi connectivity index (χ4n) is 1.95. The Morgan fingerprint density at radius 3 is 2.06 bits per heavy atom. The molecule has 17 heavy (non-hydrogen) atoms. The highest BCUT2D eigenvalue weighted by molar-refractivity contribution is 5.31. The second kappa shape index (κ2) is 6.68. The Morgan fingerprint density at radius 1 is 1.00 bits per heavy atom. The molecule has 0 unspecified atom stereocenters. The molecule has 1 aromatic carbocycles. The van der Waals surface area contributed by atoms with Crippen LogP contribution in [0.3, 0.4) is 0 Å². The van der Waals surface area contributed by atoms with Crippen molar-refractivity contribution in [3.05, 3.63) is 29.8 Å². The van der Waals surface area contributed by atoms with Crippen LogP contribution in [0.15, 0.2) is 24.3 Å². The van der Waals surface area contributed by atoms with Crippen molar-refractivity contribution in [2.24, 2.45) is 0 Å². The van der Waals surface area contributed by atoms with Gasteiger partial charge in [0.15, 0.2) is 0 Å². The minimum Gasteiger partial charge on any atom is -0.494 e. The summed E-state index contributed by atoms with van der Waals surface area (Å²) in [7, 11) is 0. The van der Waals surface area contributed by atoms with Gasteiger partial charge in [0.1, 0.15) is 5.75 Å². The zero-order chi connectivity index (χ0) is 12.7. The molecule has 0 saturated carbocycles. The Morgan fingerprint density at radius 2 is 1.59 bits per heavy atom. The molecule has 0 saturated heterocycles. The van der Waals surface area contributed by atoms with Crippen molar-refractivity contribution in [3.63, 3.8) is 0 Å². The number of rotatable bonds is 7. The van der Waals surface area contributed by atoms with E-state index in [0.717, 1.165) is 18.8 Å². The van der Waals surface area contributed by atoms with E-state index in [4.69, 9.17) is 4.74 Å². The SMILES string of the molecule is CCCCOc1ccc(C(C)(CC)CC)cc1. The molecular formula is C16H26O. The van der Waals surface area contributed by atoms with Crippen molar-refractivity contribution >= 4 is 0 Å². The zero-order valence-corrected chi connectivity index (χ0v) is 11.8. The smallest absolute Gasteiger partial charge is 0.119 e. The van der Waals surface area contributed by atoms with E-state index >= 15 is 0 Å². The highest BCUT2D eigenvalue weighted by Crippen LogP contribution is 2.31. The lowest BCUT2D eigenvalue weighted by molar-refractivity contribution is 0.309. The summed E-state index contributed by atoms with van der Waals surface area (Å²) in [5, 5.41) is 0. The lowest BCUT2D eigenvalue weighted by Crippen LogP contribution is -2.19. The molecule has 0 fully saturated rings. The summed E-state index contributed by atoms with van der Waals surface area (Å²) < 4.78 is 5.68. The first-order chi connectivity index (χ1) is 8.16. The first kappa shape index (κ1) is 14.1. The first-order valence-electron chi connectivity index (χ1n) is 6.89. The standard InChI is InChI=1S/C16H26O/c1-5-8-13-17-15-11-9-14(10-12-15)16(4,6-2)7-3/h9-12H,5-8,13H2,1-4H3. The Hall–Kier alpha value is -0.980. The van der Waals surface area contributed by atoms with E-state index in [1.165, 1.54) is 24.8 Å². The summed E-state index contributed by atoms with van der Waals surface area (Å²) in [4.78, 5) is 0. The monoisotopic (exact) mass is 234 g/mol. The Labute approximate surface area is 106 Å². The van der Waals surface area contributed by atoms with Gasteiger partial charge in [-0.2, -0.15) is 0 Å². The number of ether oxygens (including phenoxy) is 1. The fourth-order valence-corrected chi connectivity index (χ4v) is 1.95. The summed E-state index contributed by atoms with van der Waals surface area (Å²) in [6.45, 7) is 9.86. The quantitative estimate of drug-likeness (QED) is 0.607. The van der Waals surface area contributed by atoms with Gasteiger partial charge in [-0.25, -0.2) is 0 Å². The second-order valence-corrected chi connectivity index (χ2v) is 4.99. The molecule has 1 rings (SSSR count). The molecule has 0 spiro atoms. The molecule has 1 heteroatoms. The van der Waals surface area contributed by atoms with Crippen LogP contribution < -0.4 is 4.74 Å². The van der Waals surface area contributed by atoms with Crippen molar-refractivity contribution in [1.82, 2.24) is 0 Å². The average molecular weight is 234 g/mol. The van der Waals surface area contributed by atoms with Crippen LogP contribution in [0.2, 0.25) is 0 Å². The fraction of sp³-hybridized carbons (Fsp3) is 0.625. The van der Waals surface area contributed by atoms with Crippen molar-refractivity contribution in [2.45, 2.75) is 58.8 Å². The molecule has 0 atom stereocenters. The number of benzene rings is 1. The molecule has 0 heterocycles. The van der Waals surface area contributed by atoms with Crippen molar-refractivity contribution in [3.8, 4) is 5.75 Å². The van der Waals surface area contributed by atoms with Crippen molar-refractivity contribution in [2.75, 3.05) is 6.61 Å². The Kier molecular flexibility index (Phi) is 5.54. The van der Waals surface area contributed by atoms with Gasteiger partial charge in [0.05, 0.1) is 6.61 Å². The molecule has 1 nitrogen and oxygen atoms in total. The number of hydrogen-bond acceptors (Lipinski definition) is 1. The summed E-state index contributed by atoms with van der Waals surface area (Å²) in [5.41, 5.74) is 1.73.